The highest BCUT2D eigenvalue weighted by atomic mass is 16.8. The van der Waals surface area contributed by atoms with E-state index in [0.29, 0.717) is 32.7 Å². The van der Waals surface area contributed by atoms with Gasteiger partial charge in [-0.2, -0.15) is 5.23 Å². The molecule has 1 saturated heterocycles. The Morgan fingerprint density at radius 1 is 1.21 bits per heavy atom. The summed E-state index contributed by atoms with van der Waals surface area (Å²) < 4.78 is 8.97. The minimum absolute atomic E-state index is 0.0417. The van der Waals surface area contributed by atoms with Gasteiger partial charge in [-0.3, -0.25) is 9.59 Å². The molecule has 1 amide bonds. The predicted molar refractivity (Wildman–Crippen MR) is 121 cm³/mol. The molecule has 0 saturated carbocycles. The van der Waals surface area contributed by atoms with Crippen molar-refractivity contribution < 1.29 is 20.0 Å². The average Bonchev–Trinajstić information content (AvgIpc) is 3.15. The van der Waals surface area contributed by atoms with Crippen LogP contribution in [0.2, 0.25) is 0 Å². The number of para-hydroxylation sites is 1. The second kappa shape index (κ2) is 8.75. The summed E-state index contributed by atoms with van der Waals surface area (Å²) in [6.07, 6.45) is 3.28. The second-order valence-corrected chi connectivity index (χ2v) is 9.02. The van der Waals surface area contributed by atoms with Gasteiger partial charge in [0, 0.05) is 68.1 Å². The number of rotatable bonds is 6. The van der Waals surface area contributed by atoms with Gasteiger partial charge in [0.2, 0.25) is 11.6 Å². The fraction of sp³-hybridized carbons (Fsp3) is 0.417. The molecule has 3 atom stereocenters. The molecule has 2 bridgehead atoms. The van der Waals surface area contributed by atoms with E-state index in [9.17, 15) is 20.0 Å². The van der Waals surface area contributed by atoms with Crippen LogP contribution < -0.4 is 10.8 Å². The first-order chi connectivity index (χ1) is 16.0. The zero-order valence-corrected chi connectivity index (χ0v) is 18.6. The molecular weight excluding hydrogens is 424 g/mol. The molecule has 2 aliphatic rings. The topological polar surface area (TPSA) is 104 Å². The van der Waals surface area contributed by atoms with Gasteiger partial charge in [0.15, 0.2) is 0 Å². The van der Waals surface area contributed by atoms with Crippen molar-refractivity contribution in [1.29, 1.82) is 0 Å². The van der Waals surface area contributed by atoms with Gasteiger partial charge in [-0.15, -0.1) is 0 Å². The number of benzene rings is 1. The Hall–Kier alpha value is -2.98. The summed E-state index contributed by atoms with van der Waals surface area (Å²) in [5.74, 6) is 0.266. The summed E-state index contributed by atoms with van der Waals surface area (Å²) in [5, 5.41) is 20.5. The van der Waals surface area contributed by atoms with Crippen LogP contribution in [0.4, 0.5) is 5.69 Å². The van der Waals surface area contributed by atoms with Gasteiger partial charge in [-0.25, -0.2) is 5.21 Å². The number of methoxy groups -OCH3 is 1. The molecule has 5 rings (SSSR count). The number of nitrogens with one attached hydrogen (secondary N) is 1. The monoisotopic (exact) mass is 452 g/mol. The number of carbonyl (C=O) groups excluding carboxylic acids is 1. The fourth-order valence-corrected chi connectivity index (χ4v) is 5.43. The van der Waals surface area contributed by atoms with Crippen LogP contribution in [0.3, 0.4) is 0 Å². The van der Waals surface area contributed by atoms with Gasteiger partial charge in [0.1, 0.15) is 0 Å². The molecule has 3 unspecified atom stereocenters. The molecule has 9 nitrogen and oxygen atoms in total. The first-order valence-corrected chi connectivity index (χ1v) is 11.3. The Bertz CT molecular complexity index is 1250. The van der Waals surface area contributed by atoms with E-state index < -0.39 is 10.8 Å². The van der Waals surface area contributed by atoms with Crippen LogP contribution in [0, 0.1) is 11.1 Å². The van der Waals surface area contributed by atoms with Crippen molar-refractivity contribution in [2.24, 2.45) is 5.92 Å². The maximum Gasteiger partial charge on any atom is 0.315 e. The van der Waals surface area contributed by atoms with Crippen molar-refractivity contribution in [2.45, 2.75) is 31.8 Å². The van der Waals surface area contributed by atoms with Crippen molar-refractivity contribution in [2.75, 3.05) is 26.8 Å². The lowest BCUT2D eigenvalue weighted by molar-refractivity contribution is -0.992. The second-order valence-electron chi connectivity index (χ2n) is 9.02. The third-order valence-corrected chi connectivity index (χ3v) is 6.94. The minimum Gasteiger partial charge on any atom is -0.595 e. The predicted octanol–water partition coefficient (Wildman–Crippen LogP) is 1.04. The van der Waals surface area contributed by atoms with Gasteiger partial charge in [0.05, 0.1) is 13.0 Å². The van der Waals surface area contributed by atoms with E-state index >= 15 is 0 Å². The molecule has 33 heavy (non-hydrogen) atoms. The lowest BCUT2D eigenvalue weighted by atomic mass is 9.83. The van der Waals surface area contributed by atoms with Crippen LogP contribution in [-0.2, 0) is 29.0 Å². The molecule has 4 heterocycles. The minimum atomic E-state index is -1.20. The number of amides is 1. The Labute approximate surface area is 190 Å². The number of pyridine rings is 1. The van der Waals surface area contributed by atoms with Crippen molar-refractivity contribution >= 4 is 22.5 Å². The maximum atomic E-state index is 13.3. The van der Waals surface area contributed by atoms with E-state index in [2.05, 4.69) is 22.9 Å². The van der Waals surface area contributed by atoms with E-state index in [4.69, 9.17) is 4.74 Å². The Balaban J connectivity index is 1.37. The number of hydrogen-bond donors (Lipinski definition) is 2. The molecule has 2 aliphatic heterocycles. The fourth-order valence-electron chi connectivity index (χ4n) is 5.43. The first kappa shape index (κ1) is 21.8. The number of quaternary nitrogens is 1. The maximum absolute atomic E-state index is 13.3. The van der Waals surface area contributed by atoms with Crippen LogP contribution in [0.25, 0.3) is 10.9 Å². The molecule has 1 fully saturated rings. The van der Waals surface area contributed by atoms with Gasteiger partial charge < -0.3 is 24.0 Å². The number of ether oxygens (including phenoxy) is 1. The number of hydrogen-bond acceptors (Lipinski definition) is 5. The van der Waals surface area contributed by atoms with Crippen LogP contribution >= 0.6 is 0 Å². The molecule has 9 heteroatoms. The molecule has 0 spiro atoms. The zero-order valence-electron chi connectivity index (χ0n) is 18.6. The molecule has 2 aromatic heterocycles. The Morgan fingerprint density at radius 2 is 2.03 bits per heavy atom. The van der Waals surface area contributed by atoms with Crippen molar-refractivity contribution in [3.8, 4) is 0 Å². The molecular formula is C24H28N4O5. The van der Waals surface area contributed by atoms with E-state index in [1.165, 1.54) is 6.07 Å². The molecule has 3 aromatic rings. The normalized spacial score (nSPS) is 20.6. The van der Waals surface area contributed by atoms with E-state index in [-0.39, 0.29) is 23.4 Å². The van der Waals surface area contributed by atoms with Gasteiger partial charge >= 0.3 is 5.56 Å². The largest absolute Gasteiger partial charge is 0.595 e. The van der Waals surface area contributed by atoms with Crippen LogP contribution in [-0.4, -0.2) is 52.0 Å². The van der Waals surface area contributed by atoms with Crippen molar-refractivity contribution in [3.63, 3.8) is 0 Å². The Kier molecular flexibility index (Phi) is 5.79. The van der Waals surface area contributed by atoms with Crippen molar-refractivity contribution in [3.05, 3.63) is 69.4 Å². The molecule has 1 aromatic carbocycles. The SMILES string of the molecule is COCCn1cc(CC(=O)N2CC3CC(C2)c2ccc([NH+]([O-])O)c(=O)n2C3)c2ccccc21. The number of fused-ring (bicyclic) bond motifs is 5. The summed E-state index contributed by atoms with van der Waals surface area (Å²) >= 11 is 0. The van der Waals surface area contributed by atoms with Crippen LogP contribution in [0.5, 0.6) is 0 Å². The highest BCUT2D eigenvalue weighted by Crippen LogP contribution is 2.35. The van der Waals surface area contributed by atoms with Gasteiger partial charge in [-0.05, 0) is 30.0 Å². The van der Waals surface area contributed by atoms with E-state index in [0.717, 1.165) is 35.1 Å². The molecule has 174 valence electrons. The lowest BCUT2D eigenvalue weighted by Crippen LogP contribution is -3.00. The quantitative estimate of drug-likeness (QED) is 0.544. The average molecular weight is 453 g/mol. The third-order valence-electron chi connectivity index (χ3n) is 6.94. The van der Waals surface area contributed by atoms with Gasteiger partial charge in [0.25, 0.3) is 0 Å². The summed E-state index contributed by atoms with van der Waals surface area (Å²) in [4.78, 5) is 27.9. The number of piperidine rings is 1. The van der Waals surface area contributed by atoms with Crippen molar-refractivity contribution in [1.82, 2.24) is 14.0 Å². The summed E-state index contributed by atoms with van der Waals surface area (Å²) in [6.45, 7) is 2.91. The number of aromatic nitrogens is 2. The number of nitrogens with zero attached hydrogens (tertiary/aromatic N) is 3. The third kappa shape index (κ3) is 3.97. The first-order valence-electron chi connectivity index (χ1n) is 11.3. The summed E-state index contributed by atoms with van der Waals surface area (Å²) in [7, 11) is 1.68. The number of carbonyl (C=O) groups is 1. The van der Waals surface area contributed by atoms with E-state index in [1.54, 1.807) is 17.7 Å². The zero-order chi connectivity index (χ0) is 23.1. The molecule has 2 N–H and O–H groups in total. The summed E-state index contributed by atoms with van der Waals surface area (Å²) in [6, 6.07) is 11.2. The standard InChI is InChI=1S/C24H28N4O5/c1-33-9-8-25-14-17(19-4-2-3-5-21(19)25)11-23(29)26-12-16-10-18(15-26)20-6-7-22(28(31)32)24(30)27(20)13-16/h2-7,14,16,18,28,31H,8-13,15H2,1H3. The van der Waals surface area contributed by atoms with Gasteiger partial charge in [-0.1, -0.05) is 18.2 Å². The lowest BCUT2D eigenvalue weighted by Gasteiger charge is -2.42. The molecule has 0 radical (unpaired) electrons. The number of likely N-dealkylation sites (tertiary alicyclic amines) is 1. The Morgan fingerprint density at radius 3 is 2.82 bits per heavy atom. The van der Waals surface area contributed by atoms with E-state index in [1.807, 2.05) is 17.0 Å². The van der Waals surface area contributed by atoms with Crippen LogP contribution in [0.15, 0.2) is 47.4 Å². The summed E-state index contributed by atoms with van der Waals surface area (Å²) in [5.41, 5.74) is 2.28. The van der Waals surface area contributed by atoms with Crippen LogP contribution in [0.1, 0.15) is 23.6 Å². The smallest absolute Gasteiger partial charge is 0.315 e. The highest BCUT2D eigenvalue weighted by Gasteiger charge is 2.37. The molecule has 0 aliphatic carbocycles. The highest BCUT2D eigenvalue weighted by molar-refractivity contribution is 5.89.